The fourth-order valence-electron chi connectivity index (χ4n) is 4.35. The zero-order chi connectivity index (χ0) is 20.5. The van der Waals surface area contributed by atoms with Crippen molar-refractivity contribution in [2.75, 3.05) is 32.2 Å². The molecule has 6 nitrogen and oxygen atoms in total. The van der Waals surface area contributed by atoms with Crippen molar-refractivity contribution >= 4 is 11.5 Å². The molecule has 1 aliphatic heterocycles. The summed E-state index contributed by atoms with van der Waals surface area (Å²) in [6.07, 6.45) is 3.45. The highest BCUT2D eigenvalue weighted by atomic mass is 16.5. The number of piperidine rings is 1. The van der Waals surface area contributed by atoms with Crippen LogP contribution in [0, 0.1) is 12.8 Å². The quantitative estimate of drug-likeness (QED) is 0.637. The van der Waals surface area contributed by atoms with E-state index in [0.717, 1.165) is 53.6 Å². The van der Waals surface area contributed by atoms with Crippen molar-refractivity contribution < 1.29 is 9.47 Å². The number of methoxy groups -OCH3 is 2. The molecule has 29 heavy (non-hydrogen) atoms. The molecule has 0 bridgehead atoms. The van der Waals surface area contributed by atoms with Gasteiger partial charge in [-0.3, -0.25) is 0 Å². The first-order valence-corrected chi connectivity index (χ1v) is 10.4. The molecule has 154 valence electrons. The van der Waals surface area contributed by atoms with Gasteiger partial charge in [-0.25, -0.2) is 4.98 Å². The Kier molecular flexibility index (Phi) is 5.35. The number of fused-ring (bicyclic) bond motifs is 1. The van der Waals surface area contributed by atoms with E-state index in [2.05, 4.69) is 31.7 Å². The Morgan fingerprint density at radius 3 is 2.45 bits per heavy atom. The van der Waals surface area contributed by atoms with Crippen molar-refractivity contribution in [2.24, 2.45) is 5.92 Å². The summed E-state index contributed by atoms with van der Waals surface area (Å²) in [4.78, 5) is 7.36. The third-order valence-corrected chi connectivity index (χ3v) is 5.84. The van der Waals surface area contributed by atoms with E-state index < -0.39 is 0 Å². The Morgan fingerprint density at radius 2 is 1.83 bits per heavy atom. The summed E-state index contributed by atoms with van der Waals surface area (Å²) in [6.45, 7) is 8.77. The second kappa shape index (κ2) is 7.93. The van der Waals surface area contributed by atoms with Gasteiger partial charge in [0.15, 0.2) is 5.65 Å². The second-order valence-corrected chi connectivity index (χ2v) is 7.95. The van der Waals surface area contributed by atoms with E-state index in [1.807, 2.05) is 22.7 Å². The Balaban J connectivity index is 1.89. The third-order valence-electron chi connectivity index (χ3n) is 5.84. The minimum atomic E-state index is 0.689. The van der Waals surface area contributed by atoms with E-state index in [4.69, 9.17) is 19.6 Å². The van der Waals surface area contributed by atoms with E-state index in [-0.39, 0.29) is 0 Å². The predicted molar refractivity (Wildman–Crippen MR) is 116 cm³/mol. The Hall–Kier alpha value is -2.76. The van der Waals surface area contributed by atoms with Gasteiger partial charge in [0.05, 0.1) is 19.9 Å². The van der Waals surface area contributed by atoms with Gasteiger partial charge in [0.1, 0.15) is 17.3 Å². The maximum absolute atomic E-state index is 5.44. The monoisotopic (exact) mass is 394 g/mol. The summed E-state index contributed by atoms with van der Waals surface area (Å²) < 4.78 is 12.9. The number of benzene rings is 1. The van der Waals surface area contributed by atoms with E-state index in [1.54, 1.807) is 14.2 Å². The average molecular weight is 395 g/mol. The van der Waals surface area contributed by atoms with Crippen LogP contribution in [0.5, 0.6) is 11.5 Å². The molecule has 1 aromatic carbocycles. The molecule has 3 heterocycles. The van der Waals surface area contributed by atoms with Crippen LogP contribution >= 0.6 is 0 Å². The summed E-state index contributed by atoms with van der Waals surface area (Å²) in [5.41, 5.74) is 5.08. The van der Waals surface area contributed by atoms with Crippen molar-refractivity contribution in [3.05, 3.63) is 35.5 Å². The molecule has 1 atom stereocenters. The topological polar surface area (TPSA) is 51.9 Å². The van der Waals surface area contributed by atoms with E-state index >= 15 is 0 Å². The van der Waals surface area contributed by atoms with Crippen molar-refractivity contribution in [1.29, 1.82) is 0 Å². The predicted octanol–water partition coefficient (Wildman–Crippen LogP) is 4.52. The number of nitrogens with zero attached hydrogens (tertiary/aromatic N) is 4. The fourth-order valence-corrected chi connectivity index (χ4v) is 4.35. The van der Waals surface area contributed by atoms with Crippen LogP contribution in [0.4, 0.5) is 5.82 Å². The van der Waals surface area contributed by atoms with Gasteiger partial charge in [0.25, 0.3) is 0 Å². The third kappa shape index (κ3) is 3.63. The number of rotatable bonds is 5. The smallest absolute Gasteiger partial charge is 0.158 e. The molecule has 0 aliphatic carbocycles. The van der Waals surface area contributed by atoms with Gasteiger partial charge in [0.2, 0.25) is 0 Å². The normalized spacial score (nSPS) is 17.0. The van der Waals surface area contributed by atoms with Gasteiger partial charge >= 0.3 is 0 Å². The molecular weight excluding hydrogens is 364 g/mol. The summed E-state index contributed by atoms with van der Waals surface area (Å²) in [6, 6.07) is 7.90. The first-order chi connectivity index (χ1) is 14.0. The highest BCUT2D eigenvalue weighted by Crippen LogP contribution is 2.33. The van der Waals surface area contributed by atoms with Gasteiger partial charge in [0, 0.05) is 42.0 Å². The maximum atomic E-state index is 5.44. The lowest BCUT2D eigenvalue weighted by molar-refractivity contribution is 0.394. The lowest BCUT2D eigenvalue weighted by Gasteiger charge is -2.34. The zero-order valence-corrected chi connectivity index (χ0v) is 18.0. The Labute approximate surface area is 172 Å². The SMILES string of the molecule is CCc1c(C)nc2cc(-c3cc(OC)cc(OC)c3)nn2c1N1CCCC(C)C1. The zero-order valence-electron chi connectivity index (χ0n) is 18.0. The largest absolute Gasteiger partial charge is 0.497 e. The molecule has 6 heteroatoms. The summed E-state index contributed by atoms with van der Waals surface area (Å²) in [5, 5.41) is 4.99. The molecule has 2 aromatic heterocycles. The molecule has 1 fully saturated rings. The standard InChI is InChI=1S/C23H30N4O2/c1-6-20-16(3)24-22-13-21(17-10-18(28-4)12-19(11-17)29-5)25-27(22)23(20)26-9-7-8-15(2)14-26/h10-13,15H,6-9,14H2,1-5H3. The van der Waals surface area contributed by atoms with Crippen LogP contribution in [0.2, 0.25) is 0 Å². The molecule has 0 radical (unpaired) electrons. The van der Waals surface area contributed by atoms with E-state index in [1.165, 1.54) is 24.2 Å². The van der Waals surface area contributed by atoms with Crippen LogP contribution in [0.25, 0.3) is 16.9 Å². The molecule has 0 N–H and O–H groups in total. The number of hydrogen-bond acceptors (Lipinski definition) is 5. The molecule has 1 aliphatic rings. The number of anilines is 1. The minimum Gasteiger partial charge on any atom is -0.497 e. The molecule has 3 aromatic rings. The van der Waals surface area contributed by atoms with E-state index in [0.29, 0.717) is 5.92 Å². The van der Waals surface area contributed by atoms with Gasteiger partial charge in [-0.05, 0) is 44.2 Å². The first kappa shape index (κ1) is 19.6. The molecule has 0 amide bonds. The average Bonchev–Trinajstić information content (AvgIpc) is 3.15. The van der Waals surface area contributed by atoms with Crippen LogP contribution < -0.4 is 14.4 Å². The highest BCUT2D eigenvalue weighted by Gasteiger charge is 2.24. The Morgan fingerprint density at radius 1 is 1.10 bits per heavy atom. The van der Waals surface area contributed by atoms with E-state index in [9.17, 15) is 0 Å². The number of aromatic nitrogens is 3. The van der Waals surface area contributed by atoms with Crippen LogP contribution in [-0.4, -0.2) is 41.9 Å². The van der Waals surface area contributed by atoms with Crippen molar-refractivity contribution in [2.45, 2.75) is 40.0 Å². The maximum Gasteiger partial charge on any atom is 0.158 e. The van der Waals surface area contributed by atoms with Gasteiger partial charge in [-0.2, -0.15) is 9.61 Å². The van der Waals surface area contributed by atoms with Gasteiger partial charge in [-0.15, -0.1) is 0 Å². The highest BCUT2D eigenvalue weighted by molar-refractivity contribution is 5.69. The molecular formula is C23H30N4O2. The first-order valence-electron chi connectivity index (χ1n) is 10.4. The van der Waals surface area contributed by atoms with Crippen LogP contribution in [0.1, 0.15) is 37.9 Å². The lowest BCUT2D eigenvalue weighted by atomic mass is 9.99. The number of aryl methyl sites for hydroxylation is 1. The molecule has 0 spiro atoms. The second-order valence-electron chi connectivity index (χ2n) is 7.95. The van der Waals surface area contributed by atoms with Crippen LogP contribution in [-0.2, 0) is 6.42 Å². The summed E-state index contributed by atoms with van der Waals surface area (Å²) in [5.74, 6) is 3.39. The van der Waals surface area contributed by atoms with Crippen molar-refractivity contribution in [3.63, 3.8) is 0 Å². The van der Waals surface area contributed by atoms with Gasteiger partial charge in [-0.1, -0.05) is 13.8 Å². The van der Waals surface area contributed by atoms with Crippen molar-refractivity contribution in [3.8, 4) is 22.8 Å². The van der Waals surface area contributed by atoms with Gasteiger partial charge < -0.3 is 14.4 Å². The molecule has 1 saturated heterocycles. The lowest BCUT2D eigenvalue weighted by Crippen LogP contribution is -2.36. The molecule has 0 saturated carbocycles. The van der Waals surface area contributed by atoms with Crippen molar-refractivity contribution in [1.82, 2.24) is 14.6 Å². The molecule has 4 rings (SSSR count). The fraction of sp³-hybridized carbons (Fsp3) is 0.478. The minimum absolute atomic E-state index is 0.689. The summed E-state index contributed by atoms with van der Waals surface area (Å²) in [7, 11) is 3.33. The van der Waals surface area contributed by atoms with Crippen LogP contribution in [0.3, 0.4) is 0 Å². The Bertz CT molecular complexity index is 1010. The molecule has 1 unspecified atom stereocenters. The summed E-state index contributed by atoms with van der Waals surface area (Å²) >= 11 is 0. The van der Waals surface area contributed by atoms with Crippen LogP contribution in [0.15, 0.2) is 24.3 Å². The number of ether oxygens (including phenoxy) is 2. The number of hydrogen-bond donors (Lipinski definition) is 0.